The minimum Gasteiger partial charge on any atom is -0.290 e. The van der Waals surface area contributed by atoms with E-state index in [2.05, 4.69) is 0 Å². The summed E-state index contributed by atoms with van der Waals surface area (Å²) in [6.45, 7) is 1.79. The molecule has 0 bridgehead atoms. The van der Waals surface area contributed by atoms with Crippen molar-refractivity contribution in [1.82, 2.24) is 0 Å². The Morgan fingerprint density at radius 2 is 1.74 bits per heavy atom. The van der Waals surface area contributed by atoms with Gasteiger partial charge in [-0.3, -0.25) is 4.18 Å². The van der Waals surface area contributed by atoms with Crippen LogP contribution in [0.4, 0.5) is 8.78 Å². The molecule has 0 aliphatic carbocycles. The minimum absolute atomic E-state index is 0.188. The van der Waals surface area contributed by atoms with Gasteiger partial charge in [-0.05, 0) is 31.2 Å². The van der Waals surface area contributed by atoms with Gasteiger partial charge in [0.25, 0.3) is 0 Å². The molecule has 0 spiro atoms. The van der Waals surface area contributed by atoms with Crippen molar-refractivity contribution >= 4 is 11.1 Å². The van der Waals surface area contributed by atoms with Crippen LogP contribution in [0, 0.1) is 18.6 Å². The molecule has 0 aliphatic heterocycles. The molecule has 0 amide bonds. The molecule has 0 aromatic heterocycles. The maximum Gasteiger partial charge on any atom is 0.189 e. The summed E-state index contributed by atoms with van der Waals surface area (Å²) in [5.74, 6) is -1.39. The number of hydrogen-bond acceptors (Lipinski definition) is 2. The highest BCUT2D eigenvalue weighted by Crippen LogP contribution is 2.31. The van der Waals surface area contributed by atoms with Gasteiger partial charge in [0, 0.05) is 5.56 Å². The van der Waals surface area contributed by atoms with Crippen molar-refractivity contribution in [2.24, 2.45) is 0 Å². The Bertz CT molecular complexity index is 621. The average molecular weight is 282 g/mol. The van der Waals surface area contributed by atoms with Crippen molar-refractivity contribution in [2.75, 3.05) is 7.11 Å². The summed E-state index contributed by atoms with van der Waals surface area (Å²) in [5, 5.41) is 0. The number of halogens is 2. The summed E-state index contributed by atoms with van der Waals surface area (Å²) in [6, 6.07) is 8.48. The molecule has 2 aromatic rings. The quantitative estimate of drug-likeness (QED) is 0.859. The van der Waals surface area contributed by atoms with Gasteiger partial charge < -0.3 is 0 Å². The van der Waals surface area contributed by atoms with Crippen LogP contribution in [-0.2, 0) is 15.3 Å². The van der Waals surface area contributed by atoms with Crippen LogP contribution in [0.1, 0.15) is 5.56 Å². The molecule has 0 radical (unpaired) electrons. The van der Waals surface area contributed by atoms with Gasteiger partial charge in [0.1, 0.15) is 11.6 Å². The Morgan fingerprint density at radius 1 is 1.11 bits per heavy atom. The van der Waals surface area contributed by atoms with Gasteiger partial charge in [-0.15, -0.1) is 0 Å². The second-order valence-electron chi connectivity index (χ2n) is 4.00. The lowest BCUT2D eigenvalue weighted by molar-refractivity contribution is 0.446. The Kier molecular flexibility index (Phi) is 4.07. The summed E-state index contributed by atoms with van der Waals surface area (Å²) >= 11 is -1.76. The van der Waals surface area contributed by atoms with Gasteiger partial charge in [-0.1, -0.05) is 17.7 Å². The summed E-state index contributed by atoms with van der Waals surface area (Å²) in [5.41, 5.74) is 0.872. The molecule has 0 saturated heterocycles. The molecule has 2 nitrogen and oxygen atoms in total. The summed E-state index contributed by atoms with van der Waals surface area (Å²) in [4.78, 5) is 0.247. The molecule has 1 atom stereocenters. The van der Waals surface area contributed by atoms with Gasteiger partial charge in [0.05, 0.1) is 17.6 Å². The van der Waals surface area contributed by atoms with Crippen LogP contribution < -0.4 is 0 Å². The van der Waals surface area contributed by atoms with Crippen molar-refractivity contribution in [1.29, 1.82) is 0 Å². The first-order chi connectivity index (χ1) is 9.04. The van der Waals surface area contributed by atoms with Crippen molar-refractivity contribution < 1.29 is 17.2 Å². The van der Waals surface area contributed by atoms with Crippen LogP contribution >= 0.6 is 0 Å². The molecule has 0 heterocycles. The summed E-state index contributed by atoms with van der Waals surface area (Å²) in [7, 11) is 1.28. The van der Waals surface area contributed by atoms with Crippen LogP contribution in [0.15, 0.2) is 41.3 Å². The van der Waals surface area contributed by atoms with Gasteiger partial charge in [0.2, 0.25) is 0 Å². The summed E-state index contributed by atoms with van der Waals surface area (Å²) in [6.07, 6.45) is 0. The van der Waals surface area contributed by atoms with E-state index in [0.717, 1.165) is 5.56 Å². The number of rotatable bonds is 3. The zero-order chi connectivity index (χ0) is 14.0. The van der Waals surface area contributed by atoms with E-state index >= 15 is 0 Å². The molecular weight excluding hydrogens is 270 g/mol. The predicted octanol–water partition coefficient (Wildman–Crippen LogP) is 3.61. The molecule has 0 aliphatic rings. The van der Waals surface area contributed by atoms with E-state index in [1.54, 1.807) is 25.1 Å². The Morgan fingerprint density at radius 3 is 2.32 bits per heavy atom. The zero-order valence-corrected chi connectivity index (χ0v) is 11.3. The van der Waals surface area contributed by atoms with E-state index in [1.807, 2.05) is 0 Å². The largest absolute Gasteiger partial charge is 0.290 e. The SMILES string of the molecule is COS(=O)c1ccc(C)cc1-c1c(F)cccc1F. The van der Waals surface area contributed by atoms with E-state index in [-0.39, 0.29) is 16.0 Å². The lowest BCUT2D eigenvalue weighted by atomic mass is 10.0. The van der Waals surface area contributed by atoms with E-state index in [4.69, 9.17) is 4.18 Å². The number of benzene rings is 2. The normalized spacial score (nSPS) is 12.4. The maximum absolute atomic E-state index is 13.8. The molecule has 0 N–H and O–H groups in total. The Hall–Kier alpha value is -1.59. The smallest absolute Gasteiger partial charge is 0.189 e. The van der Waals surface area contributed by atoms with E-state index in [0.29, 0.717) is 0 Å². The van der Waals surface area contributed by atoms with Gasteiger partial charge >= 0.3 is 0 Å². The average Bonchev–Trinajstić information content (AvgIpc) is 2.38. The van der Waals surface area contributed by atoms with Crippen LogP contribution in [0.5, 0.6) is 0 Å². The van der Waals surface area contributed by atoms with Crippen molar-refractivity contribution in [3.63, 3.8) is 0 Å². The lowest BCUT2D eigenvalue weighted by Gasteiger charge is -2.11. The van der Waals surface area contributed by atoms with Crippen molar-refractivity contribution in [3.05, 3.63) is 53.6 Å². The third-order valence-electron chi connectivity index (χ3n) is 2.70. The molecule has 5 heteroatoms. The first-order valence-electron chi connectivity index (χ1n) is 5.56. The third-order valence-corrected chi connectivity index (χ3v) is 3.72. The highest BCUT2D eigenvalue weighted by Gasteiger charge is 2.18. The molecule has 0 fully saturated rings. The Balaban J connectivity index is 2.74. The highest BCUT2D eigenvalue weighted by atomic mass is 32.2. The number of hydrogen-bond donors (Lipinski definition) is 0. The third kappa shape index (κ3) is 2.72. The van der Waals surface area contributed by atoms with Crippen molar-refractivity contribution in [2.45, 2.75) is 11.8 Å². The van der Waals surface area contributed by atoms with Gasteiger partial charge in [-0.2, -0.15) is 0 Å². The fourth-order valence-electron chi connectivity index (χ4n) is 1.83. The molecule has 2 rings (SSSR count). The standard InChI is InChI=1S/C14H12F2O2S/c1-9-6-7-13(19(17)18-2)10(8-9)14-11(15)4-3-5-12(14)16/h3-8H,1-2H3. The van der Waals surface area contributed by atoms with Gasteiger partial charge in [0.15, 0.2) is 11.1 Å². The maximum atomic E-state index is 13.8. The fraction of sp³-hybridized carbons (Fsp3) is 0.143. The van der Waals surface area contributed by atoms with Crippen LogP contribution in [-0.4, -0.2) is 11.3 Å². The Labute approximate surface area is 112 Å². The van der Waals surface area contributed by atoms with E-state index < -0.39 is 22.7 Å². The molecular formula is C14H12F2O2S. The fourth-order valence-corrected chi connectivity index (χ4v) is 2.53. The van der Waals surface area contributed by atoms with Crippen LogP contribution in [0.3, 0.4) is 0 Å². The zero-order valence-electron chi connectivity index (χ0n) is 10.4. The topological polar surface area (TPSA) is 26.3 Å². The van der Waals surface area contributed by atoms with E-state index in [9.17, 15) is 13.0 Å². The molecule has 1 unspecified atom stereocenters. The highest BCUT2D eigenvalue weighted by molar-refractivity contribution is 7.80. The van der Waals surface area contributed by atoms with Gasteiger partial charge in [-0.25, -0.2) is 13.0 Å². The predicted molar refractivity (Wildman–Crippen MR) is 69.9 cm³/mol. The molecule has 100 valence electrons. The van der Waals surface area contributed by atoms with Crippen LogP contribution in [0.25, 0.3) is 11.1 Å². The first-order valence-corrected chi connectivity index (χ1v) is 6.63. The van der Waals surface area contributed by atoms with Crippen LogP contribution in [0.2, 0.25) is 0 Å². The second kappa shape index (κ2) is 5.59. The van der Waals surface area contributed by atoms with Crippen molar-refractivity contribution in [3.8, 4) is 11.1 Å². The summed E-state index contributed by atoms with van der Waals surface area (Å²) < 4.78 is 44.2. The monoisotopic (exact) mass is 282 g/mol. The lowest BCUT2D eigenvalue weighted by Crippen LogP contribution is -2.00. The number of aryl methyl sites for hydroxylation is 1. The molecule has 0 saturated carbocycles. The molecule has 2 aromatic carbocycles. The van der Waals surface area contributed by atoms with E-state index in [1.165, 1.54) is 25.3 Å². The molecule has 19 heavy (non-hydrogen) atoms. The first kappa shape index (κ1) is 13.8. The second-order valence-corrected chi connectivity index (χ2v) is 5.24. The minimum atomic E-state index is -1.76.